The van der Waals surface area contributed by atoms with Crippen LogP contribution in [0.3, 0.4) is 0 Å². The van der Waals surface area contributed by atoms with Crippen molar-refractivity contribution in [3.63, 3.8) is 0 Å². The molecule has 0 aliphatic rings. The summed E-state index contributed by atoms with van der Waals surface area (Å²) in [6, 6.07) is 0. The van der Waals surface area contributed by atoms with Crippen molar-refractivity contribution < 1.29 is 80.4 Å². The van der Waals surface area contributed by atoms with E-state index < -0.39 is 25.9 Å². The van der Waals surface area contributed by atoms with E-state index in [1.54, 1.807) is 4.90 Å². The molecule has 20 nitrogen and oxygen atoms in total. The molecule has 0 aromatic heterocycles. The Balaban J connectivity index is 4.42. The summed E-state index contributed by atoms with van der Waals surface area (Å²) in [6.07, 6.45) is 4.48. The highest BCUT2D eigenvalue weighted by atomic mass is 31.2. The van der Waals surface area contributed by atoms with E-state index in [1.807, 2.05) is 13.8 Å². The zero-order chi connectivity index (χ0) is 40.8. The van der Waals surface area contributed by atoms with Crippen molar-refractivity contribution in [2.45, 2.75) is 65.2 Å². The molecule has 322 valence electrons. The summed E-state index contributed by atoms with van der Waals surface area (Å²) in [4.78, 5) is 70.7. The fraction of sp³-hybridized carbons (Fsp3) is 0.853. The second-order valence-corrected chi connectivity index (χ2v) is 13.2. The SMILES string of the molecule is CCCOC(=O)CCCOCCOCC(=O)OCCN(CCOC(=O)COCCOCCNC(=O)OCCC)CC(=O)NCCCCCCOP(=O)(O)OC. The molecule has 0 bridgehead atoms. The predicted octanol–water partition coefficient (Wildman–Crippen LogP) is 1.75. The molecule has 3 N–H and O–H groups in total. The number of phosphoric ester groups is 1. The van der Waals surface area contributed by atoms with Crippen molar-refractivity contribution >= 4 is 37.7 Å². The van der Waals surface area contributed by atoms with Crippen LogP contribution in [0.2, 0.25) is 0 Å². The van der Waals surface area contributed by atoms with Crippen LogP contribution in [0.4, 0.5) is 4.79 Å². The minimum Gasteiger partial charge on any atom is -0.466 e. The molecular weight excluding hydrogens is 753 g/mol. The van der Waals surface area contributed by atoms with Gasteiger partial charge in [-0.2, -0.15) is 0 Å². The van der Waals surface area contributed by atoms with E-state index in [0.717, 1.165) is 32.8 Å². The highest BCUT2D eigenvalue weighted by Gasteiger charge is 2.17. The molecule has 0 spiro atoms. The molecule has 0 aromatic rings. The molecule has 2 amide bonds. The maximum absolute atomic E-state index is 12.6. The summed E-state index contributed by atoms with van der Waals surface area (Å²) >= 11 is 0. The van der Waals surface area contributed by atoms with Gasteiger partial charge in [0.2, 0.25) is 5.91 Å². The number of phosphoric acid groups is 1. The normalized spacial score (nSPS) is 12.2. The maximum Gasteiger partial charge on any atom is 0.471 e. The third-order valence-corrected chi connectivity index (χ3v) is 7.83. The molecule has 0 aromatic carbocycles. The predicted molar refractivity (Wildman–Crippen MR) is 196 cm³/mol. The number of carbonyl (C=O) groups excluding carboxylic acids is 5. The van der Waals surface area contributed by atoms with Gasteiger partial charge in [0.1, 0.15) is 26.4 Å². The Kier molecular flexibility index (Phi) is 34.7. The van der Waals surface area contributed by atoms with Crippen molar-refractivity contribution in [2.75, 3.05) is 126 Å². The van der Waals surface area contributed by atoms with Crippen LogP contribution in [-0.2, 0) is 70.7 Å². The van der Waals surface area contributed by atoms with E-state index in [1.165, 1.54) is 0 Å². The Bertz CT molecular complexity index is 1020. The van der Waals surface area contributed by atoms with Gasteiger partial charge < -0.3 is 53.4 Å². The van der Waals surface area contributed by atoms with E-state index in [9.17, 15) is 33.4 Å². The molecule has 0 aliphatic heterocycles. The van der Waals surface area contributed by atoms with Gasteiger partial charge in [0.25, 0.3) is 0 Å². The minimum absolute atomic E-state index is 0.0431. The van der Waals surface area contributed by atoms with Crippen LogP contribution >= 0.6 is 7.82 Å². The molecular formula is C34H64N3O17P. The first-order valence-corrected chi connectivity index (χ1v) is 20.2. The third kappa shape index (κ3) is 36.5. The van der Waals surface area contributed by atoms with Crippen LogP contribution in [-0.4, -0.2) is 165 Å². The fourth-order valence-electron chi connectivity index (χ4n) is 4.06. The molecule has 0 rings (SSSR count). The topological polar surface area (TPSA) is 242 Å². The van der Waals surface area contributed by atoms with Crippen molar-refractivity contribution in [1.82, 2.24) is 15.5 Å². The van der Waals surface area contributed by atoms with E-state index in [0.29, 0.717) is 45.6 Å². The first kappa shape index (κ1) is 52.1. The molecule has 0 saturated heterocycles. The van der Waals surface area contributed by atoms with Gasteiger partial charge in [-0.3, -0.25) is 23.5 Å². The smallest absolute Gasteiger partial charge is 0.466 e. The van der Waals surface area contributed by atoms with Gasteiger partial charge >= 0.3 is 31.8 Å². The number of carbonyl (C=O) groups is 5. The number of rotatable bonds is 38. The first-order chi connectivity index (χ1) is 26.5. The van der Waals surface area contributed by atoms with Crippen molar-refractivity contribution in [2.24, 2.45) is 0 Å². The van der Waals surface area contributed by atoms with E-state index in [4.69, 9.17) is 42.4 Å². The molecule has 0 heterocycles. The van der Waals surface area contributed by atoms with Crippen LogP contribution in [0.15, 0.2) is 0 Å². The number of nitrogens with one attached hydrogen (secondary N) is 2. The second-order valence-electron chi connectivity index (χ2n) is 11.7. The molecule has 0 fully saturated rings. The zero-order valence-corrected chi connectivity index (χ0v) is 33.7. The number of hydrogen-bond donors (Lipinski definition) is 3. The molecule has 21 heteroatoms. The summed E-state index contributed by atoms with van der Waals surface area (Å²) in [6.45, 7) is 6.26. The van der Waals surface area contributed by atoms with Gasteiger partial charge in [-0.1, -0.05) is 26.7 Å². The number of unbranched alkanes of at least 4 members (excludes halogenated alkanes) is 3. The number of hydrogen-bond acceptors (Lipinski definition) is 17. The van der Waals surface area contributed by atoms with Gasteiger partial charge in [-0.15, -0.1) is 0 Å². The van der Waals surface area contributed by atoms with Gasteiger partial charge in [0.15, 0.2) is 0 Å². The summed E-state index contributed by atoms with van der Waals surface area (Å²) in [5.41, 5.74) is 0. The standard InChI is InChI=1S/C34H64N3O17P/c1-4-16-50-31(39)11-10-18-46-23-25-48-28-32(40)51-21-14-37(27-30(38)35-12-8-6-7-9-19-54-55(43,44)45-3)15-22-52-33(41)29-49-26-24-47-20-13-36-34(42)53-17-5-2/h4-29H2,1-3H3,(H,35,38)(H,36,42)(H,43,44). The van der Waals surface area contributed by atoms with Crippen LogP contribution in [0.25, 0.3) is 0 Å². The lowest BCUT2D eigenvalue weighted by Crippen LogP contribution is -2.41. The Labute approximate surface area is 324 Å². The largest absolute Gasteiger partial charge is 0.471 e. The van der Waals surface area contributed by atoms with Gasteiger partial charge in [-0.25, -0.2) is 18.9 Å². The summed E-state index contributed by atoms with van der Waals surface area (Å²) in [5.74, 6) is -1.75. The lowest BCUT2D eigenvalue weighted by molar-refractivity contribution is -0.150. The first-order valence-electron chi connectivity index (χ1n) is 18.7. The van der Waals surface area contributed by atoms with Crippen molar-refractivity contribution in [3.05, 3.63) is 0 Å². The number of nitrogens with zero attached hydrogens (tertiary/aromatic N) is 1. The van der Waals surface area contributed by atoms with Gasteiger partial charge in [0.05, 0.1) is 59.4 Å². The van der Waals surface area contributed by atoms with Crippen LogP contribution in [0.1, 0.15) is 65.2 Å². The molecule has 0 radical (unpaired) electrons. The Morgan fingerprint density at radius 2 is 1.15 bits per heavy atom. The van der Waals surface area contributed by atoms with Crippen LogP contribution in [0.5, 0.6) is 0 Å². The second kappa shape index (κ2) is 36.7. The lowest BCUT2D eigenvalue weighted by atomic mass is 10.2. The average Bonchev–Trinajstić information content (AvgIpc) is 3.16. The zero-order valence-electron chi connectivity index (χ0n) is 32.8. The minimum atomic E-state index is -3.98. The molecule has 0 aliphatic carbocycles. The number of amides is 2. The lowest BCUT2D eigenvalue weighted by Gasteiger charge is -2.21. The quantitative estimate of drug-likeness (QED) is 0.0348. The monoisotopic (exact) mass is 817 g/mol. The van der Waals surface area contributed by atoms with Crippen molar-refractivity contribution in [3.8, 4) is 0 Å². The van der Waals surface area contributed by atoms with Gasteiger partial charge in [0, 0.05) is 46.3 Å². The maximum atomic E-state index is 12.6. The Morgan fingerprint density at radius 3 is 1.76 bits per heavy atom. The highest BCUT2D eigenvalue weighted by molar-refractivity contribution is 7.47. The van der Waals surface area contributed by atoms with Crippen molar-refractivity contribution in [1.29, 1.82) is 0 Å². The number of ether oxygens (including phenoxy) is 8. The Hall–Kier alpha value is -2.94. The average molecular weight is 818 g/mol. The van der Waals surface area contributed by atoms with Crippen LogP contribution < -0.4 is 10.6 Å². The Morgan fingerprint density at radius 1 is 0.582 bits per heavy atom. The van der Waals surface area contributed by atoms with E-state index in [-0.39, 0.29) is 111 Å². The van der Waals surface area contributed by atoms with Crippen LogP contribution in [0, 0.1) is 0 Å². The molecule has 1 unspecified atom stereocenters. The van der Waals surface area contributed by atoms with E-state index in [2.05, 4.69) is 15.2 Å². The summed E-state index contributed by atoms with van der Waals surface area (Å²) in [5, 5.41) is 5.37. The molecule has 1 atom stereocenters. The summed E-state index contributed by atoms with van der Waals surface area (Å²) in [7, 11) is -2.89. The summed E-state index contributed by atoms with van der Waals surface area (Å²) < 4.78 is 62.0. The number of alkyl carbamates (subject to hydrolysis) is 1. The van der Waals surface area contributed by atoms with E-state index >= 15 is 0 Å². The molecule has 0 saturated carbocycles. The van der Waals surface area contributed by atoms with Gasteiger partial charge in [-0.05, 0) is 32.1 Å². The number of esters is 3. The fourth-order valence-corrected chi connectivity index (χ4v) is 4.52. The molecule has 55 heavy (non-hydrogen) atoms. The highest BCUT2D eigenvalue weighted by Crippen LogP contribution is 2.41. The third-order valence-electron chi connectivity index (χ3n) is 6.86.